The highest BCUT2D eigenvalue weighted by Crippen LogP contribution is 2.29. The minimum absolute atomic E-state index is 0.0641. The van der Waals surface area contributed by atoms with E-state index in [9.17, 15) is 14.4 Å². The summed E-state index contributed by atoms with van der Waals surface area (Å²) in [6.07, 6.45) is 0.509. The number of anilines is 1. The average Bonchev–Trinajstić information content (AvgIpc) is 2.93. The largest absolute Gasteiger partial charge is 0.489 e. The maximum absolute atomic E-state index is 13.5. The van der Waals surface area contributed by atoms with E-state index in [0.29, 0.717) is 24.5 Å². The first-order valence-corrected chi connectivity index (χ1v) is 14.9. The van der Waals surface area contributed by atoms with Crippen molar-refractivity contribution in [1.82, 2.24) is 10.6 Å². The fourth-order valence-corrected chi connectivity index (χ4v) is 4.50. The van der Waals surface area contributed by atoms with Crippen molar-refractivity contribution in [2.24, 2.45) is 5.92 Å². The zero-order valence-electron chi connectivity index (χ0n) is 25.1. The average molecular weight is 629 g/mol. The van der Waals surface area contributed by atoms with Crippen LogP contribution in [0.1, 0.15) is 52.2 Å². The Bertz CT molecular complexity index is 1380. The number of carbonyl (C=O) groups excluding carboxylic acids is 3. The van der Waals surface area contributed by atoms with Crippen LogP contribution in [0, 0.1) is 5.92 Å². The number of rotatable bonds is 12. The first kappa shape index (κ1) is 33.7. The van der Waals surface area contributed by atoms with E-state index in [4.69, 9.17) is 32.7 Å². The van der Waals surface area contributed by atoms with Crippen LogP contribution in [-0.4, -0.2) is 35.6 Å². The van der Waals surface area contributed by atoms with Gasteiger partial charge in [-0.2, -0.15) is 0 Å². The summed E-state index contributed by atoms with van der Waals surface area (Å²) >= 11 is 12.2. The van der Waals surface area contributed by atoms with E-state index >= 15 is 0 Å². The van der Waals surface area contributed by atoms with Crippen LogP contribution in [-0.2, 0) is 27.4 Å². The first-order chi connectivity index (χ1) is 20.3. The second kappa shape index (κ2) is 15.6. The van der Waals surface area contributed by atoms with E-state index in [2.05, 4.69) is 16.0 Å². The van der Waals surface area contributed by atoms with Gasteiger partial charge in [0, 0.05) is 6.42 Å². The normalized spacial score (nSPS) is 12.7. The minimum atomic E-state index is -0.996. The highest BCUT2D eigenvalue weighted by molar-refractivity contribution is 6.44. The molecule has 0 radical (unpaired) electrons. The van der Waals surface area contributed by atoms with Crippen molar-refractivity contribution in [2.45, 2.75) is 71.8 Å². The van der Waals surface area contributed by atoms with Gasteiger partial charge in [0.15, 0.2) is 0 Å². The minimum Gasteiger partial charge on any atom is -0.489 e. The van der Waals surface area contributed by atoms with Gasteiger partial charge < -0.3 is 25.4 Å². The fourth-order valence-electron chi connectivity index (χ4n) is 4.16. The summed E-state index contributed by atoms with van der Waals surface area (Å²) in [4.78, 5) is 39.6. The molecule has 43 heavy (non-hydrogen) atoms. The molecular weight excluding hydrogens is 589 g/mol. The van der Waals surface area contributed by atoms with Gasteiger partial charge in [-0.3, -0.25) is 4.79 Å². The standard InChI is InChI=1S/C33H39Cl2N3O5/c1-21(2)18-27(38-32(41)37-26-13-9-12-25(34)29(26)35)30(39)36-28(31(40)43-33(3,4)5)19-22-14-16-24(17-15-22)42-20-23-10-7-6-8-11-23/h6-17,21,27-28H,18-20H2,1-5H3,(H,36,39)(H2,37,38,41)/t27-,28-/m0/s1. The lowest BCUT2D eigenvalue weighted by atomic mass is 10.0. The van der Waals surface area contributed by atoms with Crippen molar-refractivity contribution in [2.75, 3.05) is 5.32 Å². The van der Waals surface area contributed by atoms with Gasteiger partial charge in [-0.25, -0.2) is 9.59 Å². The monoisotopic (exact) mass is 627 g/mol. The Morgan fingerprint density at radius 2 is 1.49 bits per heavy atom. The summed E-state index contributed by atoms with van der Waals surface area (Å²) in [5.74, 6) is -0.352. The van der Waals surface area contributed by atoms with E-state index in [1.807, 2.05) is 68.4 Å². The van der Waals surface area contributed by atoms with Crippen LogP contribution in [0.25, 0.3) is 0 Å². The predicted molar refractivity (Wildman–Crippen MR) is 171 cm³/mol. The topological polar surface area (TPSA) is 106 Å². The lowest BCUT2D eigenvalue weighted by molar-refractivity contribution is -0.158. The van der Waals surface area contributed by atoms with E-state index in [-0.39, 0.29) is 22.4 Å². The highest BCUT2D eigenvalue weighted by Gasteiger charge is 2.31. The van der Waals surface area contributed by atoms with Gasteiger partial charge in [0.25, 0.3) is 0 Å². The Hall–Kier alpha value is -3.75. The molecule has 3 rings (SSSR count). The van der Waals surface area contributed by atoms with Crippen LogP contribution in [0.4, 0.5) is 10.5 Å². The Morgan fingerprint density at radius 3 is 2.12 bits per heavy atom. The smallest absolute Gasteiger partial charge is 0.329 e. The molecule has 3 aromatic carbocycles. The fraction of sp³-hybridized carbons (Fsp3) is 0.364. The maximum atomic E-state index is 13.5. The molecule has 0 aliphatic carbocycles. The van der Waals surface area contributed by atoms with E-state index in [1.165, 1.54) is 0 Å². The Balaban J connectivity index is 1.72. The van der Waals surface area contributed by atoms with Crippen molar-refractivity contribution in [3.8, 4) is 5.75 Å². The molecule has 10 heteroatoms. The van der Waals surface area contributed by atoms with E-state index in [1.54, 1.807) is 39.0 Å². The molecule has 3 N–H and O–H groups in total. The number of ether oxygens (including phenoxy) is 2. The van der Waals surface area contributed by atoms with Gasteiger partial charge >= 0.3 is 12.0 Å². The van der Waals surface area contributed by atoms with Crippen LogP contribution in [0.5, 0.6) is 5.75 Å². The molecule has 3 amide bonds. The third kappa shape index (κ3) is 11.5. The van der Waals surface area contributed by atoms with Crippen molar-refractivity contribution in [3.05, 3.63) is 94.0 Å². The summed E-state index contributed by atoms with van der Waals surface area (Å²) < 4.78 is 11.5. The second-order valence-electron chi connectivity index (χ2n) is 11.6. The molecule has 0 aliphatic heterocycles. The van der Waals surface area contributed by atoms with Gasteiger partial charge in [0.2, 0.25) is 5.91 Å². The molecule has 0 saturated heterocycles. The van der Waals surface area contributed by atoms with Crippen molar-refractivity contribution in [3.63, 3.8) is 0 Å². The maximum Gasteiger partial charge on any atom is 0.329 e. The predicted octanol–water partition coefficient (Wildman–Crippen LogP) is 7.18. The van der Waals surface area contributed by atoms with E-state index < -0.39 is 35.6 Å². The zero-order valence-corrected chi connectivity index (χ0v) is 26.6. The molecule has 2 atom stereocenters. The van der Waals surface area contributed by atoms with Gasteiger partial charge in [0.1, 0.15) is 30.0 Å². The number of nitrogens with one attached hydrogen (secondary N) is 3. The van der Waals surface area contributed by atoms with Gasteiger partial charge in [-0.15, -0.1) is 0 Å². The summed E-state index contributed by atoms with van der Waals surface area (Å²) in [5, 5.41) is 8.61. The molecule has 3 aromatic rings. The molecule has 0 heterocycles. The Kier molecular flexibility index (Phi) is 12.3. The van der Waals surface area contributed by atoms with Crippen LogP contribution >= 0.6 is 23.2 Å². The molecule has 8 nitrogen and oxygen atoms in total. The molecule has 0 saturated carbocycles. The third-order valence-corrected chi connectivity index (χ3v) is 6.97. The van der Waals surface area contributed by atoms with Crippen molar-refractivity contribution in [1.29, 1.82) is 0 Å². The lowest BCUT2D eigenvalue weighted by Crippen LogP contribution is -2.54. The number of amides is 3. The molecule has 230 valence electrons. The molecule has 0 aliphatic rings. The number of hydrogen-bond acceptors (Lipinski definition) is 5. The third-order valence-electron chi connectivity index (χ3n) is 6.15. The van der Waals surface area contributed by atoms with Crippen molar-refractivity contribution >= 4 is 46.8 Å². The number of carbonyl (C=O) groups is 3. The molecule has 0 aromatic heterocycles. The number of benzene rings is 3. The summed E-state index contributed by atoms with van der Waals surface area (Å²) in [6.45, 7) is 9.57. The van der Waals surface area contributed by atoms with Crippen LogP contribution in [0.2, 0.25) is 10.0 Å². The highest BCUT2D eigenvalue weighted by atomic mass is 35.5. The first-order valence-electron chi connectivity index (χ1n) is 14.1. The Morgan fingerprint density at radius 1 is 0.814 bits per heavy atom. The van der Waals surface area contributed by atoms with Crippen LogP contribution < -0.4 is 20.7 Å². The molecule has 0 fully saturated rings. The number of urea groups is 1. The zero-order chi connectivity index (χ0) is 31.6. The molecule has 0 unspecified atom stereocenters. The van der Waals surface area contributed by atoms with Gasteiger partial charge in [0.05, 0.1) is 15.7 Å². The number of halogens is 2. The summed E-state index contributed by atoms with van der Waals surface area (Å²) in [6, 6.07) is 19.4. The number of hydrogen-bond donors (Lipinski definition) is 3. The van der Waals surface area contributed by atoms with Crippen LogP contribution in [0.15, 0.2) is 72.8 Å². The Labute approximate surface area is 263 Å². The summed E-state index contributed by atoms with van der Waals surface area (Å²) in [7, 11) is 0. The molecule has 0 bridgehead atoms. The van der Waals surface area contributed by atoms with E-state index in [0.717, 1.165) is 11.1 Å². The lowest BCUT2D eigenvalue weighted by Gasteiger charge is -2.27. The quantitative estimate of drug-likeness (QED) is 0.184. The van der Waals surface area contributed by atoms with Crippen LogP contribution in [0.3, 0.4) is 0 Å². The number of esters is 1. The molecular formula is C33H39Cl2N3O5. The summed E-state index contributed by atoms with van der Waals surface area (Å²) in [5.41, 5.74) is 1.39. The van der Waals surface area contributed by atoms with Crippen molar-refractivity contribution < 1.29 is 23.9 Å². The second-order valence-corrected chi connectivity index (χ2v) is 12.4. The van der Waals surface area contributed by atoms with Gasteiger partial charge in [-0.05, 0) is 68.5 Å². The van der Waals surface area contributed by atoms with Gasteiger partial charge in [-0.1, -0.05) is 85.6 Å². The molecule has 0 spiro atoms. The SMILES string of the molecule is CC(C)C[C@H](NC(=O)Nc1cccc(Cl)c1Cl)C(=O)N[C@@H](Cc1ccc(OCc2ccccc2)cc1)C(=O)OC(C)(C)C.